The van der Waals surface area contributed by atoms with Crippen molar-refractivity contribution < 1.29 is 13.9 Å². The highest BCUT2D eigenvalue weighted by atomic mass is 32.2. The molecule has 0 spiro atoms. The number of nitrogens with zero attached hydrogens (tertiary/aromatic N) is 2. The van der Waals surface area contributed by atoms with Crippen molar-refractivity contribution in [3.8, 4) is 0 Å². The highest BCUT2D eigenvalue weighted by molar-refractivity contribution is 7.99. The molecule has 156 valence electrons. The van der Waals surface area contributed by atoms with E-state index in [-0.39, 0.29) is 17.1 Å². The average Bonchev–Trinajstić information content (AvgIpc) is 3.20. The maximum Gasteiger partial charge on any atom is 0.237 e. The lowest BCUT2D eigenvalue weighted by atomic mass is 10.1. The minimum atomic E-state index is -0.253. The molecule has 2 aromatic rings. The van der Waals surface area contributed by atoms with Crippen LogP contribution in [0.4, 0.5) is 4.39 Å². The Morgan fingerprint density at radius 1 is 1.21 bits per heavy atom. The van der Waals surface area contributed by atoms with Gasteiger partial charge in [0.2, 0.25) is 5.91 Å². The Morgan fingerprint density at radius 2 is 1.93 bits per heavy atom. The highest BCUT2D eigenvalue weighted by Crippen LogP contribution is 2.37. The molecular formula is C23H29FN2O2S. The molecule has 29 heavy (non-hydrogen) atoms. The maximum absolute atomic E-state index is 13.3. The van der Waals surface area contributed by atoms with Crippen LogP contribution in [0.5, 0.6) is 0 Å². The number of aryl methyl sites for hydroxylation is 1. The maximum atomic E-state index is 13.3. The van der Waals surface area contributed by atoms with Crippen molar-refractivity contribution >= 4 is 17.7 Å². The van der Waals surface area contributed by atoms with Crippen molar-refractivity contribution in [3.05, 3.63) is 71.0 Å². The Kier molecular flexibility index (Phi) is 8.09. The van der Waals surface area contributed by atoms with E-state index in [0.29, 0.717) is 13.2 Å². The molecule has 0 saturated carbocycles. The first kappa shape index (κ1) is 21.8. The standard InChI is InChI=1S/C23H29FN2O2S/c1-18-4-6-19(7-5-18)16-25(12-3-14-28-2)17-22(27)26-13-15-29-23(26)20-8-10-21(24)11-9-20/h4-11,23H,3,12-17H2,1-2H3/t23-/m1/s1. The fourth-order valence-corrected chi connectivity index (χ4v) is 4.79. The zero-order valence-corrected chi connectivity index (χ0v) is 18.0. The van der Waals surface area contributed by atoms with Crippen LogP contribution in [0, 0.1) is 12.7 Å². The van der Waals surface area contributed by atoms with E-state index in [1.165, 1.54) is 23.3 Å². The molecule has 0 aromatic heterocycles. The number of benzene rings is 2. The summed E-state index contributed by atoms with van der Waals surface area (Å²) in [5.74, 6) is 0.765. The van der Waals surface area contributed by atoms with Gasteiger partial charge in [0, 0.05) is 39.1 Å². The molecule has 0 radical (unpaired) electrons. The Balaban J connectivity index is 1.67. The molecule has 0 N–H and O–H groups in total. The molecule has 1 amide bonds. The summed E-state index contributed by atoms with van der Waals surface area (Å²) in [6.07, 6.45) is 0.881. The summed E-state index contributed by atoms with van der Waals surface area (Å²) in [6.45, 7) is 5.38. The number of amides is 1. The van der Waals surface area contributed by atoms with Gasteiger partial charge in [-0.3, -0.25) is 9.69 Å². The quantitative estimate of drug-likeness (QED) is 0.572. The third-order valence-electron chi connectivity index (χ3n) is 5.07. The van der Waals surface area contributed by atoms with Gasteiger partial charge < -0.3 is 9.64 Å². The van der Waals surface area contributed by atoms with Crippen LogP contribution in [-0.2, 0) is 16.1 Å². The van der Waals surface area contributed by atoms with E-state index in [4.69, 9.17) is 4.74 Å². The van der Waals surface area contributed by atoms with E-state index in [9.17, 15) is 9.18 Å². The zero-order valence-electron chi connectivity index (χ0n) is 17.1. The van der Waals surface area contributed by atoms with E-state index in [0.717, 1.165) is 37.4 Å². The van der Waals surface area contributed by atoms with Crippen LogP contribution < -0.4 is 0 Å². The molecule has 0 unspecified atom stereocenters. The molecule has 3 rings (SSSR count). The number of ether oxygens (including phenoxy) is 1. The average molecular weight is 417 g/mol. The van der Waals surface area contributed by atoms with Crippen molar-refractivity contribution in [2.24, 2.45) is 0 Å². The summed E-state index contributed by atoms with van der Waals surface area (Å²) >= 11 is 1.74. The van der Waals surface area contributed by atoms with Gasteiger partial charge in [-0.2, -0.15) is 0 Å². The molecule has 1 aliphatic rings. The van der Waals surface area contributed by atoms with Gasteiger partial charge in [0.1, 0.15) is 11.2 Å². The van der Waals surface area contributed by atoms with Crippen LogP contribution in [0.3, 0.4) is 0 Å². The molecule has 2 aromatic carbocycles. The SMILES string of the molecule is COCCCN(CC(=O)N1CCS[C@@H]1c1ccc(F)cc1)Cc1ccc(C)cc1. The molecule has 1 saturated heterocycles. The molecule has 4 nitrogen and oxygen atoms in total. The van der Waals surface area contributed by atoms with Gasteiger partial charge in [-0.05, 0) is 36.6 Å². The predicted octanol–water partition coefficient (Wildman–Crippen LogP) is 4.25. The Bertz CT molecular complexity index is 782. The highest BCUT2D eigenvalue weighted by Gasteiger charge is 2.31. The van der Waals surface area contributed by atoms with Gasteiger partial charge in [0.15, 0.2) is 0 Å². The second-order valence-electron chi connectivity index (χ2n) is 7.40. The summed E-state index contributed by atoms with van der Waals surface area (Å²) in [4.78, 5) is 17.3. The second-order valence-corrected chi connectivity index (χ2v) is 8.59. The lowest BCUT2D eigenvalue weighted by Gasteiger charge is -2.28. The van der Waals surface area contributed by atoms with Crippen LogP contribution in [0.25, 0.3) is 0 Å². The fraction of sp³-hybridized carbons (Fsp3) is 0.435. The number of halogens is 1. The number of hydrogen-bond acceptors (Lipinski definition) is 4. The Labute approximate surface area is 177 Å². The summed E-state index contributed by atoms with van der Waals surface area (Å²) in [6, 6.07) is 14.9. The molecular weight excluding hydrogens is 387 g/mol. The van der Waals surface area contributed by atoms with Crippen molar-refractivity contribution in [3.63, 3.8) is 0 Å². The smallest absolute Gasteiger partial charge is 0.237 e. The van der Waals surface area contributed by atoms with E-state index >= 15 is 0 Å². The molecule has 1 atom stereocenters. The molecule has 0 bridgehead atoms. The van der Waals surface area contributed by atoms with Crippen LogP contribution >= 0.6 is 11.8 Å². The number of hydrogen-bond donors (Lipinski definition) is 0. The van der Waals surface area contributed by atoms with Gasteiger partial charge in [-0.1, -0.05) is 42.0 Å². The number of methoxy groups -OCH3 is 1. The first-order valence-corrected chi connectivity index (χ1v) is 11.0. The molecule has 1 heterocycles. The van der Waals surface area contributed by atoms with E-state index in [1.54, 1.807) is 31.0 Å². The second kappa shape index (κ2) is 10.8. The van der Waals surface area contributed by atoms with Gasteiger partial charge in [0.05, 0.1) is 6.54 Å². The largest absolute Gasteiger partial charge is 0.385 e. The number of rotatable bonds is 9. The van der Waals surface area contributed by atoms with Gasteiger partial charge in [-0.25, -0.2) is 4.39 Å². The van der Waals surface area contributed by atoms with Crippen LogP contribution in [-0.4, -0.2) is 54.8 Å². The number of carbonyl (C=O) groups excluding carboxylic acids is 1. The van der Waals surface area contributed by atoms with E-state index in [1.807, 2.05) is 4.90 Å². The summed E-state index contributed by atoms with van der Waals surface area (Å²) in [5, 5.41) is -0.0386. The molecule has 6 heteroatoms. The third-order valence-corrected chi connectivity index (χ3v) is 6.34. The van der Waals surface area contributed by atoms with Gasteiger partial charge in [-0.15, -0.1) is 11.8 Å². The van der Waals surface area contributed by atoms with Gasteiger partial charge >= 0.3 is 0 Å². The number of carbonyl (C=O) groups is 1. The minimum absolute atomic E-state index is 0.0386. The van der Waals surface area contributed by atoms with Crippen LogP contribution in [0.1, 0.15) is 28.5 Å². The lowest BCUT2D eigenvalue weighted by molar-refractivity contribution is -0.132. The van der Waals surface area contributed by atoms with Crippen LogP contribution in [0.15, 0.2) is 48.5 Å². The van der Waals surface area contributed by atoms with E-state index < -0.39 is 0 Å². The Morgan fingerprint density at radius 3 is 2.62 bits per heavy atom. The topological polar surface area (TPSA) is 32.8 Å². The summed E-state index contributed by atoms with van der Waals surface area (Å²) in [7, 11) is 1.70. The first-order chi connectivity index (χ1) is 14.1. The van der Waals surface area contributed by atoms with Crippen molar-refractivity contribution in [2.45, 2.75) is 25.3 Å². The fourth-order valence-electron chi connectivity index (χ4n) is 3.51. The van der Waals surface area contributed by atoms with E-state index in [2.05, 4.69) is 36.1 Å². The number of thioether (sulfide) groups is 1. The third kappa shape index (κ3) is 6.29. The zero-order chi connectivity index (χ0) is 20.6. The Hall–Kier alpha value is -1.89. The van der Waals surface area contributed by atoms with Crippen molar-refractivity contribution in [1.82, 2.24) is 9.80 Å². The van der Waals surface area contributed by atoms with Crippen molar-refractivity contribution in [2.75, 3.05) is 39.1 Å². The summed E-state index contributed by atoms with van der Waals surface area (Å²) in [5.41, 5.74) is 3.41. The molecule has 1 aliphatic heterocycles. The minimum Gasteiger partial charge on any atom is -0.385 e. The van der Waals surface area contributed by atoms with Crippen LogP contribution in [0.2, 0.25) is 0 Å². The first-order valence-electron chi connectivity index (χ1n) is 10.00. The monoisotopic (exact) mass is 416 g/mol. The molecule has 1 fully saturated rings. The lowest BCUT2D eigenvalue weighted by Crippen LogP contribution is -2.40. The molecule has 0 aliphatic carbocycles. The predicted molar refractivity (Wildman–Crippen MR) is 116 cm³/mol. The van der Waals surface area contributed by atoms with Gasteiger partial charge in [0.25, 0.3) is 0 Å². The van der Waals surface area contributed by atoms with Crippen molar-refractivity contribution in [1.29, 1.82) is 0 Å². The summed E-state index contributed by atoms with van der Waals surface area (Å²) < 4.78 is 18.5. The normalized spacial score (nSPS) is 16.6.